The standard InChI is InChI=1S/C28H30ClN3O4S/c29-25-15-20(27(33)31-22-13-14-37(35,36)17-22)11-12-21(25)16-30-28(34)32-26-23-7-3-1-5-18(23)9-10-19-6-2-4-8-24(19)26/h1-8,11-12,15,22,26,35-36H,9-10,13-14,16-17H2,(H,31,33)(H2,30,32,34). The summed E-state index contributed by atoms with van der Waals surface area (Å²) >= 11 is 6.44. The molecule has 1 atom stereocenters. The first kappa shape index (κ1) is 25.6. The van der Waals surface area contributed by atoms with Gasteiger partial charge in [0, 0.05) is 28.9 Å². The zero-order chi connectivity index (χ0) is 26.0. The van der Waals surface area contributed by atoms with Gasteiger partial charge in [-0.1, -0.05) is 66.2 Å². The Labute approximate surface area is 223 Å². The van der Waals surface area contributed by atoms with Gasteiger partial charge in [-0.05, 0) is 59.2 Å². The van der Waals surface area contributed by atoms with E-state index in [2.05, 4.69) is 40.2 Å². The van der Waals surface area contributed by atoms with Crippen LogP contribution in [0.2, 0.25) is 5.02 Å². The fourth-order valence-corrected chi connectivity index (χ4v) is 7.04. The number of carbonyl (C=O) groups is 2. The van der Waals surface area contributed by atoms with E-state index in [9.17, 15) is 18.7 Å². The minimum Gasteiger partial charge on any atom is -0.348 e. The average molecular weight is 540 g/mol. The van der Waals surface area contributed by atoms with Crippen molar-refractivity contribution in [1.29, 1.82) is 0 Å². The van der Waals surface area contributed by atoms with Gasteiger partial charge >= 0.3 is 6.03 Å². The molecule has 0 bridgehead atoms. The molecule has 0 saturated carbocycles. The van der Waals surface area contributed by atoms with Crippen LogP contribution in [0.1, 0.15) is 50.6 Å². The Morgan fingerprint density at radius 1 is 0.919 bits per heavy atom. The van der Waals surface area contributed by atoms with Crippen molar-refractivity contribution in [1.82, 2.24) is 16.0 Å². The molecular weight excluding hydrogens is 510 g/mol. The van der Waals surface area contributed by atoms with Gasteiger partial charge in [-0.3, -0.25) is 13.9 Å². The number of rotatable bonds is 5. The third-order valence-corrected chi connectivity index (χ3v) is 9.20. The lowest BCUT2D eigenvalue weighted by Crippen LogP contribution is -2.38. The van der Waals surface area contributed by atoms with E-state index in [4.69, 9.17) is 11.6 Å². The predicted octanol–water partition coefficient (Wildman–Crippen LogP) is 5.28. The lowest BCUT2D eigenvalue weighted by molar-refractivity contribution is 0.0941. The fourth-order valence-electron chi connectivity index (χ4n) is 5.07. The molecule has 194 valence electrons. The molecule has 1 saturated heterocycles. The van der Waals surface area contributed by atoms with Gasteiger partial charge in [-0.2, -0.15) is 10.6 Å². The number of nitrogens with one attached hydrogen (secondary N) is 3. The molecule has 0 aromatic heterocycles. The lowest BCUT2D eigenvalue weighted by atomic mass is 9.95. The van der Waals surface area contributed by atoms with Crippen LogP contribution in [0, 0.1) is 0 Å². The number of carbonyl (C=O) groups excluding carboxylic acids is 2. The largest absolute Gasteiger partial charge is 0.348 e. The first-order valence-electron chi connectivity index (χ1n) is 12.3. The van der Waals surface area contributed by atoms with Gasteiger partial charge in [-0.25, -0.2) is 4.79 Å². The second-order valence-corrected chi connectivity index (χ2v) is 12.3. The number of hydrogen-bond acceptors (Lipinski definition) is 4. The Balaban J connectivity index is 1.23. The maximum absolute atomic E-state index is 13.0. The molecule has 1 unspecified atom stereocenters. The summed E-state index contributed by atoms with van der Waals surface area (Å²) in [6, 6.07) is 20.5. The van der Waals surface area contributed by atoms with Crippen molar-refractivity contribution in [2.24, 2.45) is 0 Å². The Bertz CT molecular complexity index is 1280. The van der Waals surface area contributed by atoms with Crippen molar-refractivity contribution in [2.75, 3.05) is 11.5 Å². The van der Waals surface area contributed by atoms with Gasteiger partial charge in [0.2, 0.25) is 0 Å². The van der Waals surface area contributed by atoms with Crippen LogP contribution >= 0.6 is 22.2 Å². The summed E-state index contributed by atoms with van der Waals surface area (Å²) in [5.74, 6) is 0.176. The number of amides is 3. The molecule has 0 spiro atoms. The highest BCUT2D eigenvalue weighted by Gasteiger charge is 2.29. The first-order valence-corrected chi connectivity index (χ1v) is 14.6. The third-order valence-electron chi connectivity index (χ3n) is 7.02. The van der Waals surface area contributed by atoms with E-state index in [1.54, 1.807) is 18.2 Å². The third kappa shape index (κ3) is 5.93. The van der Waals surface area contributed by atoms with Crippen LogP contribution in [-0.4, -0.2) is 38.6 Å². The SMILES string of the molecule is O=C(NCc1ccc(C(=O)NC2CCS(O)(O)C2)cc1Cl)NC1c2ccccc2CCc2ccccc21. The van der Waals surface area contributed by atoms with E-state index in [-0.39, 0.29) is 36.3 Å². The van der Waals surface area contributed by atoms with Gasteiger partial charge in [-0.15, -0.1) is 0 Å². The van der Waals surface area contributed by atoms with Gasteiger partial charge in [0.25, 0.3) is 5.91 Å². The van der Waals surface area contributed by atoms with E-state index in [1.807, 2.05) is 24.3 Å². The molecule has 1 aliphatic carbocycles. The Morgan fingerprint density at radius 2 is 1.57 bits per heavy atom. The molecule has 2 aliphatic rings. The second-order valence-electron chi connectivity index (χ2n) is 9.60. The summed E-state index contributed by atoms with van der Waals surface area (Å²) in [6.07, 6.45) is 2.38. The highest BCUT2D eigenvalue weighted by molar-refractivity contribution is 8.24. The highest BCUT2D eigenvalue weighted by Crippen LogP contribution is 2.45. The van der Waals surface area contributed by atoms with Crippen molar-refractivity contribution < 1.29 is 18.7 Å². The summed E-state index contributed by atoms with van der Waals surface area (Å²) in [4.78, 5) is 25.6. The molecule has 37 heavy (non-hydrogen) atoms. The molecule has 3 amide bonds. The van der Waals surface area contributed by atoms with E-state index in [0.717, 1.165) is 24.0 Å². The van der Waals surface area contributed by atoms with Gasteiger partial charge in [0.1, 0.15) is 0 Å². The Morgan fingerprint density at radius 3 is 2.16 bits per heavy atom. The number of halogens is 1. The number of aryl methyl sites for hydroxylation is 2. The molecule has 9 heteroatoms. The second kappa shape index (κ2) is 10.8. The van der Waals surface area contributed by atoms with E-state index in [1.165, 1.54) is 11.1 Å². The van der Waals surface area contributed by atoms with Gasteiger partial charge in [0.15, 0.2) is 0 Å². The Hall–Kier alpha value is -3.04. The van der Waals surface area contributed by atoms with Crippen molar-refractivity contribution in [3.05, 3.63) is 105 Å². The van der Waals surface area contributed by atoms with Gasteiger partial charge in [0.05, 0.1) is 11.8 Å². The Kier molecular flexibility index (Phi) is 7.44. The van der Waals surface area contributed by atoms with Crippen molar-refractivity contribution in [3.63, 3.8) is 0 Å². The highest BCUT2D eigenvalue weighted by atomic mass is 35.5. The van der Waals surface area contributed by atoms with E-state index < -0.39 is 10.6 Å². The molecule has 1 fully saturated rings. The molecule has 5 rings (SSSR count). The number of fused-ring (bicyclic) bond motifs is 2. The molecule has 3 aromatic carbocycles. The summed E-state index contributed by atoms with van der Waals surface area (Å²) in [7, 11) is -2.59. The van der Waals surface area contributed by atoms with Gasteiger partial charge < -0.3 is 16.0 Å². The zero-order valence-corrected chi connectivity index (χ0v) is 21.8. The lowest BCUT2D eigenvalue weighted by Gasteiger charge is -2.26. The maximum atomic E-state index is 13.0. The van der Waals surface area contributed by atoms with Crippen molar-refractivity contribution in [2.45, 2.75) is 37.9 Å². The molecule has 5 N–H and O–H groups in total. The topological polar surface area (TPSA) is 111 Å². The average Bonchev–Trinajstić information content (AvgIpc) is 3.14. The summed E-state index contributed by atoms with van der Waals surface area (Å²) < 4.78 is 19.5. The van der Waals surface area contributed by atoms with Crippen LogP contribution in [0.5, 0.6) is 0 Å². The quantitative estimate of drug-likeness (QED) is 0.304. The summed E-state index contributed by atoms with van der Waals surface area (Å²) in [6.45, 7) is 0.201. The monoisotopic (exact) mass is 539 g/mol. The van der Waals surface area contributed by atoms with Crippen LogP contribution in [0.4, 0.5) is 4.79 Å². The van der Waals surface area contributed by atoms with Crippen molar-refractivity contribution in [3.8, 4) is 0 Å². The number of hydrogen-bond donors (Lipinski definition) is 5. The minimum absolute atomic E-state index is 0.180. The first-order chi connectivity index (χ1) is 17.8. The fraction of sp³-hybridized carbons (Fsp3) is 0.286. The molecule has 1 aliphatic heterocycles. The smallest absolute Gasteiger partial charge is 0.315 e. The number of benzene rings is 3. The summed E-state index contributed by atoms with van der Waals surface area (Å²) in [5.41, 5.74) is 5.71. The summed E-state index contributed by atoms with van der Waals surface area (Å²) in [5, 5.41) is 9.25. The minimum atomic E-state index is -2.59. The zero-order valence-electron chi connectivity index (χ0n) is 20.2. The molecule has 0 radical (unpaired) electrons. The van der Waals surface area contributed by atoms with Crippen LogP contribution in [0.25, 0.3) is 0 Å². The van der Waals surface area contributed by atoms with Crippen LogP contribution in [0.3, 0.4) is 0 Å². The van der Waals surface area contributed by atoms with Crippen molar-refractivity contribution >= 4 is 34.1 Å². The molecule has 7 nitrogen and oxygen atoms in total. The normalized spacial score (nSPS) is 19.2. The van der Waals surface area contributed by atoms with E-state index in [0.29, 0.717) is 28.3 Å². The van der Waals surface area contributed by atoms with Crippen LogP contribution in [-0.2, 0) is 19.4 Å². The maximum Gasteiger partial charge on any atom is 0.315 e. The van der Waals surface area contributed by atoms with Crippen LogP contribution < -0.4 is 16.0 Å². The predicted molar refractivity (Wildman–Crippen MR) is 147 cm³/mol. The number of urea groups is 1. The molecule has 1 heterocycles. The molecule has 3 aromatic rings. The van der Waals surface area contributed by atoms with E-state index >= 15 is 0 Å². The molecular formula is C28H30ClN3O4S. The van der Waals surface area contributed by atoms with Crippen LogP contribution in [0.15, 0.2) is 66.7 Å².